The number of hydrogen-bond acceptors (Lipinski definition) is 6. The van der Waals surface area contributed by atoms with Crippen molar-refractivity contribution in [2.24, 2.45) is 0 Å². The van der Waals surface area contributed by atoms with Crippen molar-refractivity contribution in [3.63, 3.8) is 0 Å². The number of aliphatic hydroxyl groups excluding tert-OH is 1. The molecule has 0 radical (unpaired) electrons. The second-order valence-electron chi connectivity index (χ2n) is 19.9. The lowest BCUT2D eigenvalue weighted by Gasteiger charge is -2.29. The maximum Gasteiger partial charge on any atom is 0.268 e. The van der Waals surface area contributed by atoms with Gasteiger partial charge in [-0.1, -0.05) is 229 Å². The van der Waals surface area contributed by atoms with E-state index in [4.69, 9.17) is 9.05 Å². The number of nitrogens with zero attached hydrogens (tertiary/aromatic N) is 1. The number of likely N-dealkylation sites (N-methyl/N-ethyl adjacent to an activating group) is 1. The number of aliphatic hydroxyl groups is 1. The summed E-state index contributed by atoms with van der Waals surface area (Å²) in [5.74, 6) is -0.210. The lowest BCUT2D eigenvalue weighted by atomic mass is 10.0. The molecule has 382 valence electrons. The maximum atomic E-state index is 12.9. The van der Waals surface area contributed by atoms with Crippen LogP contribution in [0.5, 0.6) is 0 Å². The van der Waals surface area contributed by atoms with Gasteiger partial charge in [0, 0.05) is 6.42 Å². The molecule has 0 aliphatic rings. The first-order valence-electron chi connectivity index (χ1n) is 27.5. The number of carbonyl (C=O) groups excluding carboxylic acids is 1. The molecule has 65 heavy (non-hydrogen) atoms. The first-order valence-corrected chi connectivity index (χ1v) is 29.0. The number of nitrogens with one attached hydrogen (secondary N) is 1. The summed E-state index contributed by atoms with van der Waals surface area (Å²) in [6.07, 6.45) is 62.1. The molecule has 0 aromatic carbocycles. The van der Waals surface area contributed by atoms with Gasteiger partial charge in [-0.2, -0.15) is 0 Å². The molecule has 0 saturated carbocycles. The van der Waals surface area contributed by atoms with E-state index < -0.39 is 26.6 Å². The van der Waals surface area contributed by atoms with Crippen molar-refractivity contribution in [1.82, 2.24) is 5.32 Å². The van der Waals surface area contributed by atoms with Crippen molar-refractivity contribution in [2.45, 2.75) is 264 Å². The van der Waals surface area contributed by atoms with Gasteiger partial charge >= 0.3 is 0 Å². The molecule has 0 aliphatic carbocycles. The Kier molecular flexibility index (Phi) is 46.4. The van der Waals surface area contributed by atoms with E-state index in [1.807, 2.05) is 27.2 Å². The molecule has 3 unspecified atom stereocenters. The van der Waals surface area contributed by atoms with Gasteiger partial charge in [0.05, 0.1) is 39.9 Å². The molecule has 0 spiro atoms. The predicted molar refractivity (Wildman–Crippen MR) is 279 cm³/mol. The Morgan fingerprint density at radius 2 is 0.877 bits per heavy atom. The minimum absolute atomic E-state index is 0.00889. The van der Waals surface area contributed by atoms with E-state index in [-0.39, 0.29) is 12.5 Å². The number of quaternary nitrogens is 1. The highest BCUT2D eigenvalue weighted by Gasteiger charge is 2.23. The Morgan fingerprint density at radius 3 is 1.29 bits per heavy atom. The summed E-state index contributed by atoms with van der Waals surface area (Å²) in [6.45, 7) is 4.58. The molecule has 1 amide bonds. The largest absolute Gasteiger partial charge is 0.756 e. The molecule has 8 nitrogen and oxygen atoms in total. The van der Waals surface area contributed by atoms with Gasteiger partial charge in [0.1, 0.15) is 13.2 Å². The Labute approximate surface area is 403 Å². The summed E-state index contributed by atoms with van der Waals surface area (Å²) >= 11 is 0. The highest BCUT2D eigenvalue weighted by Crippen LogP contribution is 2.38. The zero-order valence-electron chi connectivity index (χ0n) is 43.4. The number of allylic oxidation sites excluding steroid dienone is 7. The van der Waals surface area contributed by atoms with E-state index in [0.717, 1.165) is 51.4 Å². The van der Waals surface area contributed by atoms with E-state index >= 15 is 0 Å². The molecule has 0 aliphatic heterocycles. The third-order valence-corrected chi connectivity index (χ3v) is 13.2. The fraction of sp³-hybridized carbons (Fsp3) is 0.839. The lowest BCUT2D eigenvalue weighted by Crippen LogP contribution is -2.45. The number of phosphoric acid groups is 1. The van der Waals surface area contributed by atoms with E-state index in [2.05, 4.69) is 55.6 Å². The Morgan fingerprint density at radius 1 is 0.523 bits per heavy atom. The fourth-order valence-electron chi connectivity index (χ4n) is 7.87. The third-order valence-electron chi connectivity index (χ3n) is 12.2. The van der Waals surface area contributed by atoms with Crippen LogP contribution in [0.25, 0.3) is 0 Å². The lowest BCUT2D eigenvalue weighted by molar-refractivity contribution is -0.870. The molecule has 0 bridgehead atoms. The monoisotopic (exact) mass is 935 g/mol. The standard InChI is InChI=1S/C56H107N2O6P/c1-6-8-10-12-14-16-18-20-21-22-23-24-25-26-27-28-29-30-31-32-33-34-35-36-37-38-40-42-44-46-48-50-56(60)57-54(53-64-65(61,62)63-52-51-58(3,4)5)55(59)49-47-45-43-41-39-19-17-15-13-11-9-7-2/h13,15,22-23,39,41,47,49,54-55,59H,6-12,14,16-21,24-38,40,42-46,48,50-53H2,1-5H3,(H-,57,60,61,62)/b15-13+,23-22-,41-39+,49-47+. The number of hydrogen-bond donors (Lipinski definition) is 2. The second-order valence-corrected chi connectivity index (χ2v) is 21.3. The smallest absolute Gasteiger partial charge is 0.268 e. The zero-order chi connectivity index (χ0) is 47.8. The van der Waals surface area contributed by atoms with Crippen LogP contribution in [-0.2, 0) is 18.4 Å². The van der Waals surface area contributed by atoms with Crippen LogP contribution in [0.4, 0.5) is 0 Å². The molecule has 0 heterocycles. The summed E-state index contributed by atoms with van der Waals surface area (Å²) in [5.41, 5.74) is 0. The Hall–Kier alpha value is -1.54. The summed E-state index contributed by atoms with van der Waals surface area (Å²) < 4.78 is 23.2. The van der Waals surface area contributed by atoms with Crippen molar-refractivity contribution in [2.75, 3.05) is 40.9 Å². The number of unbranched alkanes of at least 4 members (excludes halogenated alkanes) is 31. The van der Waals surface area contributed by atoms with Gasteiger partial charge in [0.15, 0.2) is 0 Å². The molecule has 0 aromatic rings. The molecule has 0 saturated heterocycles. The van der Waals surface area contributed by atoms with Crippen LogP contribution in [-0.4, -0.2) is 68.5 Å². The van der Waals surface area contributed by atoms with Crippen LogP contribution in [0.2, 0.25) is 0 Å². The van der Waals surface area contributed by atoms with E-state index in [9.17, 15) is 19.4 Å². The first-order chi connectivity index (χ1) is 31.5. The summed E-state index contributed by atoms with van der Waals surface area (Å²) in [7, 11) is 1.24. The number of rotatable bonds is 50. The minimum Gasteiger partial charge on any atom is -0.756 e. The minimum atomic E-state index is -4.60. The molecule has 0 fully saturated rings. The predicted octanol–water partition coefficient (Wildman–Crippen LogP) is 15.7. The first kappa shape index (κ1) is 63.5. The van der Waals surface area contributed by atoms with Gasteiger partial charge < -0.3 is 28.8 Å². The normalized spacial score (nSPS) is 14.4. The molecular weight excluding hydrogens is 828 g/mol. The number of amides is 1. The average molecular weight is 935 g/mol. The molecule has 0 rings (SSSR count). The third kappa shape index (κ3) is 50.2. The van der Waals surface area contributed by atoms with Gasteiger partial charge in [-0.15, -0.1) is 0 Å². The highest BCUT2D eigenvalue weighted by molar-refractivity contribution is 7.45. The average Bonchev–Trinajstić information content (AvgIpc) is 3.26. The van der Waals surface area contributed by atoms with Crippen molar-refractivity contribution in [3.05, 3.63) is 48.6 Å². The van der Waals surface area contributed by atoms with E-state index in [0.29, 0.717) is 17.4 Å². The maximum absolute atomic E-state index is 12.9. The van der Waals surface area contributed by atoms with Gasteiger partial charge in [0.2, 0.25) is 5.91 Å². The second kappa shape index (κ2) is 47.5. The van der Waals surface area contributed by atoms with E-state index in [1.54, 1.807) is 6.08 Å². The number of phosphoric ester groups is 1. The van der Waals surface area contributed by atoms with Gasteiger partial charge in [-0.3, -0.25) is 9.36 Å². The Balaban J connectivity index is 4.04. The summed E-state index contributed by atoms with van der Waals surface area (Å²) in [4.78, 5) is 25.4. The van der Waals surface area contributed by atoms with E-state index in [1.165, 1.54) is 180 Å². The fourth-order valence-corrected chi connectivity index (χ4v) is 8.60. The Bertz CT molecular complexity index is 1200. The van der Waals surface area contributed by atoms with Crippen molar-refractivity contribution < 1.29 is 32.9 Å². The van der Waals surface area contributed by atoms with Crippen LogP contribution >= 0.6 is 7.82 Å². The SMILES string of the molecule is CCCC/C=C/CC/C=C/CC/C=C/C(O)C(COP(=O)([O-])OCC[N+](C)(C)C)NC(=O)CCCCCCCCCCCCCCCCCCCCC/C=C\CCCCCCCCCC. The van der Waals surface area contributed by atoms with Gasteiger partial charge in [-0.05, 0) is 64.2 Å². The quantitative estimate of drug-likeness (QED) is 0.0272. The summed E-state index contributed by atoms with van der Waals surface area (Å²) in [6, 6.07) is -0.908. The van der Waals surface area contributed by atoms with Gasteiger partial charge in [0.25, 0.3) is 7.82 Å². The van der Waals surface area contributed by atoms with Crippen LogP contribution < -0.4 is 10.2 Å². The molecule has 9 heteroatoms. The van der Waals surface area contributed by atoms with Crippen LogP contribution in [0, 0.1) is 0 Å². The number of carbonyl (C=O) groups is 1. The van der Waals surface area contributed by atoms with Crippen LogP contribution in [0.3, 0.4) is 0 Å². The van der Waals surface area contributed by atoms with Crippen molar-refractivity contribution in [1.29, 1.82) is 0 Å². The van der Waals surface area contributed by atoms with Crippen LogP contribution in [0.15, 0.2) is 48.6 Å². The highest BCUT2D eigenvalue weighted by atomic mass is 31.2. The van der Waals surface area contributed by atoms with Crippen molar-refractivity contribution >= 4 is 13.7 Å². The molecule has 2 N–H and O–H groups in total. The summed E-state index contributed by atoms with van der Waals surface area (Å²) in [5, 5.41) is 13.8. The molecule has 3 atom stereocenters. The zero-order valence-corrected chi connectivity index (χ0v) is 44.3. The van der Waals surface area contributed by atoms with Gasteiger partial charge in [-0.25, -0.2) is 0 Å². The van der Waals surface area contributed by atoms with Crippen LogP contribution in [0.1, 0.15) is 251 Å². The topological polar surface area (TPSA) is 108 Å². The molecular formula is C56H107N2O6P. The van der Waals surface area contributed by atoms with Crippen molar-refractivity contribution in [3.8, 4) is 0 Å². The molecule has 0 aromatic heterocycles.